The van der Waals surface area contributed by atoms with E-state index in [9.17, 15) is 0 Å². The van der Waals surface area contributed by atoms with Gasteiger partial charge in [-0.2, -0.15) is 0 Å². The largest absolute Gasteiger partial charge is 0.309 e. The molecule has 47 heavy (non-hydrogen) atoms. The molecule has 0 aliphatic carbocycles. The third-order valence-electron chi connectivity index (χ3n) is 9.44. The van der Waals surface area contributed by atoms with Crippen molar-refractivity contribution in [2.24, 2.45) is 0 Å². The van der Waals surface area contributed by atoms with Gasteiger partial charge in [-0.15, -0.1) is 22.7 Å². The van der Waals surface area contributed by atoms with Crippen molar-refractivity contribution in [3.63, 3.8) is 0 Å². The van der Waals surface area contributed by atoms with Gasteiger partial charge in [0, 0.05) is 47.3 Å². The molecule has 0 bridgehead atoms. The average Bonchev–Trinajstić information content (AvgIpc) is 3.81. The van der Waals surface area contributed by atoms with Gasteiger partial charge in [0.15, 0.2) is 5.69 Å². The number of hydrogen-bond donors (Lipinski definition) is 0. The van der Waals surface area contributed by atoms with Gasteiger partial charge in [0.25, 0.3) is 0 Å². The highest BCUT2D eigenvalue weighted by Gasteiger charge is 2.17. The van der Waals surface area contributed by atoms with Crippen molar-refractivity contribution in [3.05, 3.63) is 157 Å². The SMILES string of the molecule is [C-]#[N+]c1ccc(-c2ccc3sc4c(ccc5c6cc(-c7ccccc7-n7c8ccccc8c8ccccc87)ccc6sc54)c3c2)cc1. The fourth-order valence-corrected chi connectivity index (χ4v) is 9.74. The highest BCUT2D eigenvalue weighted by Crippen LogP contribution is 2.46. The molecule has 0 fully saturated rings. The maximum atomic E-state index is 7.28. The Bertz CT molecular complexity index is 2860. The van der Waals surface area contributed by atoms with Gasteiger partial charge in [-0.25, -0.2) is 4.85 Å². The lowest BCUT2D eigenvalue weighted by atomic mass is 10.00. The summed E-state index contributed by atoms with van der Waals surface area (Å²) in [4.78, 5) is 3.55. The second-order valence-corrected chi connectivity index (χ2v) is 14.1. The molecule has 3 heterocycles. The second-order valence-electron chi connectivity index (χ2n) is 12.0. The van der Waals surface area contributed by atoms with Gasteiger partial charge in [-0.1, -0.05) is 103 Å². The van der Waals surface area contributed by atoms with Crippen molar-refractivity contribution in [2.45, 2.75) is 0 Å². The van der Waals surface area contributed by atoms with Crippen LogP contribution in [0.3, 0.4) is 0 Å². The number of hydrogen-bond acceptors (Lipinski definition) is 2. The smallest absolute Gasteiger partial charge is 0.187 e. The fourth-order valence-electron chi connectivity index (χ4n) is 7.24. The van der Waals surface area contributed by atoms with Crippen LogP contribution in [0.25, 0.3) is 94.9 Å². The van der Waals surface area contributed by atoms with Crippen LogP contribution in [0.5, 0.6) is 0 Å². The van der Waals surface area contributed by atoms with Crippen LogP contribution in [-0.4, -0.2) is 4.57 Å². The standard InChI is InChI=1S/C43H24N2S2/c1-44-29-18-14-26(15-19-29)27-16-22-40-35(24-27)33-20-21-34-36-25-28(17-23-41(36)47-43(34)42(33)46-40)30-8-2-5-11-37(30)45-38-12-6-3-9-31(38)32-10-4-7-13-39(32)45/h2-25H. The first-order chi connectivity index (χ1) is 23.2. The monoisotopic (exact) mass is 632 g/mol. The molecule has 0 atom stereocenters. The quantitative estimate of drug-likeness (QED) is 0.171. The Hall–Kier alpha value is -5.73. The highest BCUT2D eigenvalue weighted by molar-refractivity contribution is 7.33. The molecule has 0 N–H and O–H groups in total. The molecular weight excluding hydrogens is 609 g/mol. The summed E-state index contributed by atoms with van der Waals surface area (Å²) in [6, 6.07) is 52.5. The molecule has 0 saturated carbocycles. The first kappa shape index (κ1) is 26.5. The summed E-state index contributed by atoms with van der Waals surface area (Å²) in [5, 5.41) is 7.76. The van der Waals surface area contributed by atoms with Gasteiger partial charge in [-0.3, -0.25) is 0 Å². The van der Waals surface area contributed by atoms with E-state index in [0.717, 1.165) is 5.56 Å². The fraction of sp³-hybridized carbons (Fsp3) is 0. The number of benzene rings is 7. The van der Waals surface area contributed by atoms with Crippen molar-refractivity contribution >= 4 is 90.5 Å². The maximum Gasteiger partial charge on any atom is 0.187 e. The Morgan fingerprint density at radius 2 is 0.979 bits per heavy atom. The highest BCUT2D eigenvalue weighted by atomic mass is 32.1. The van der Waals surface area contributed by atoms with Gasteiger partial charge in [0.05, 0.1) is 32.7 Å². The Kier molecular flexibility index (Phi) is 5.71. The van der Waals surface area contributed by atoms with Crippen LogP contribution in [-0.2, 0) is 0 Å². The maximum absolute atomic E-state index is 7.28. The zero-order chi connectivity index (χ0) is 31.1. The molecule has 0 aliphatic rings. The molecule has 0 unspecified atom stereocenters. The minimum Gasteiger partial charge on any atom is -0.309 e. The van der Waals surface area contributed by atoms with Crippen molar-refractivity contribution in [2.75, 3.05) is 0 Å². The van der Waals surface area contributed by atoms with Crippen LogP contribution in [0.2, 0.25) is 0 Å². The summed E-state index contributed by atoms with van der Waals surface area (Å²) in [5.41, 5.74) is 9.06. The molecular formula is C43H24N2S2. The van der Waals surface area contributed by atoms with Crippen molar-refractivity contribution < 1.29 is 0 Å². The molecule has 0 spiro atoms. The summed E-state index contributed by atoms with van der Waals surface area (Å²) < 4.78 is 7.74. The predicted octanol–water partition coefficient (Wildman–Crippen LogP) is 13.4. The molecule has 7 aromatic carbocycles. The van der Waals surface area contributed by atoms with E-state index >= 15 is 0 Å². The predicted molar refractivity (Wildman–Crippen MR) is 204 cm³/mol. The Morgan fingerprint density at radius 3 is 1.62 bits per heavy atom. The molecule has 0 amide bonds. The molecule has 3 aromatic heterocycles. The van der Waals surface area contributed by atoms with Crippen LogP contribution < -0.4 is 0 Å². The van der Waals surface area contributed by atoms with E-state index in [4.69, 9.17) is 6.57 Å². The van der Waals surface area contributed by atoms with E-state index in [0.29, 0.717) is 5.69 Å². The van der Waals surface area contributed by atoms with E-state index < -0.39 is 0 Å². The number of nitrogens with zero attached hydrogens (tertiary/aromatic N) is 2. The van der Waals surface area contributed by atoms with Crippen LogP contribution in [0, 0.1) is 6.57 Å². The number of fused-ring (bicyclic) bond motifs is 10. The Balaban J connectivity index is 1.14. The van der Waals surface area contributed by atoms with Crippen molar-refractivity contribution in [1.29, 1.82) is 0 Å². The number of rotatable bonds is 3. The third kappa shape index (κ3) is 3.95. The minimum atomic E-state index is 0.668. The lowest BCUT2D eigenvalue weighted by molar-refractivity contribution is 1.18. The zero-order valence-corrected chi connectivity index (χ0v) is 26.7. The van der Waals surface area contributed by atoms with Crippen LogP contribution in [0.15, 0.2) is 146 Å². The summed E-state index contributed by atoms with van der Waals surface area (Å²) in [5.74, 6) is 0. The van der Waals surface area contributed by atoms with Crippen molar-refractivity contribution in [3.8, 4) is 27.9 Å². The van der Waals surface area contributed by atoms with E-state index in [-0.39, 0.29) is 0 Å². The molecule has 4 heteroatoms. The van der Waals surface area contributed by atoms with E-state index in [1.165, 1.54) is 84.5 Å². The number of para-hydroxylation sites is 3. The molecule has 10 aromatic rings. The lowest BCUT2D eigenvalue weighted by Gasteiger charge is -2.14. The summed E-state index contributed by atoms with van der Waals surface area (Å²) in [6.45, 7) is 7.28. The normalized spacial score (nSPS) is 11.8. The molecule has 2 nitrogen and oxygen atoms in total. The summed E-state index contributed by atoms with van der Waals surface area (Å²) >= 11 is 3.78. The van der Waals surface area contributed by atoms with Gasteiger partial charge < -0.3 is 4.57 Å². The zero-order valence-electron chi connectivity index (χ0n) is 25.1. The first-order valence-electron chi connectivity index (χ1n) is 15.6. The van der Waals surface area contributed by atoms with Crippen LogP contribution in [0.4, 0.5) is 5.69 Å². The molecule has 0 radical (unpaired) electrons. The second kappa shape index (κ2) is 10.1. The van der Waals surface area contributed by atoms with E-state index in [1.807, 2.05) is 46.9 Å². The van der Waals surface area contributed by atoms with E-state index in [1.54, 1.807) is 0 Å². The molecule has 218 valence electrons. The van der Waals surface area contributed by atoms with E-state index in [2.05, 4.69) is 131 Å². The molecule has 0 aliphatic heterocycles. The average molecular weight is 633 g/mol. The van der Waals surface area contributed by atoms with Gasteiger partial charge >= 0.3 is 0 Å². The van der Waals surface area contributed by atoms with Crippen LogP contribution >= 0.6 is 22.7 Å². The Morgan fingerprint density at radius 1 is 0.447 bits per heavy atom. The first-order valence-corrected chi connectivity index (χ1v) is 17.3. The van der Waals surface area contributed by atoms with Gasteiger partial charge in [0.1, 0.15) is 0 Å². The van der Waals surface area contributed by atoms with Gasteiger partial charge in [0.2, 0.25) is 0 Å². The topological polar surface area (TPSA) is 9.29 Å². The minimum absolute atomic E-state index is 0.668. The summed E-state index contributed by atoms with van der Waals surface area (Å²) in [7, 11) is 0. The third-order valence-corrected chi connectivity index (χ3v) is 12.0. The Labute approximate surface area is 278 Å². The van der Waals surface area contributed by atoms with Crippen LogP contribution in [0.1, 0.15) is 0 Å². The number of aromatic nitrogens is 1. The van der Waals surface area contributed by atoms with Crippen molar-refractivity contribution in [1.82, 2.24) is 4.57 Å². The van der Waals surface area contributed by atoms with Gasteiger partial charge in [-0.05, 0) is 59.2 Å². The molecule has 10 rings (SSSR count). The number of thiophene rings is 2. The lowest BCUT2D eigenvalue weighted by Crippen LogP contribution is -1.96. The summed E-state index contributed by atoms with van der Waals surface area (Å²) in [6.07, 6.45) is 0. The molecule has 0 saturated heterocycles.